The monoisotopic (exact) mass is 316 g/mol. The zero-order valence-electron chi connectivity index (χ0n) is 10.8. The van der Waals surface area contributed by atoms with E-state index in [1.807, 2.05) is 5.43 Å². The van der Waals surface area contributed by atoms with Gasteiger partial charge in [0.1, 0.15) is 10.8 Å². The number of nitrogens with two attached hydrogens (primary N) is 1. The molecule has 0 saturated heterocycles. The second-order valence-corrected chi connectivity index (χ2v) is 4.93. The van der Waals surface area contributed by atoms with E-state index in [1.165, 1.54) is 7.11 Å². The number of hydrogen-bond acceptors (Lipinski definition) is 6. The van der Waals surface area contributed by atoms with Crippen molar-refractivity contribution in [1.29, 1.82) is 0 Å². The van der Waals surface area contributed by atoms with E-state index in [2.05, 4.69) is 9.97 Å². The summed E-state index contributed by atoms with van der Waals surface area (Å²) >= 11 is 1.06. The summed E-state index contributed by atoms with van der Waals surface area (Å²) in [5.74, 6) is 5.46. The summed E-state index contributed by atoms with van der Waals surface area (Å²) in [4.78, 5) is 7.89. The van der Waals surface area contributed by atoms with Crippen LogP contribution in [0.2, 0.25) is 0 Å². The summed E-state index contributed by atoms with van der Waals surface area (Å²) in [6, 6.07) is 7.71. The molecule has 0 atom stereocenters. The van der Waals surface area contributed by atoms with Gasteiger partial charge in [0.05, 0.1) is 7.11 Å². The number of hydrogen-bond donors (Lipinski definition) is 2. The van der Waals surface area contributed by atoms with Gasteiger partial charge in [0.2, 0.25) is 5.95 Å². The quantitative estimate of drug-likeness (QED) is 0.513. The van der Waals surface area contributed by atoms with Crippen LogP contribution in [0.15, 0.2) is 40.3 Å². The first-order valence-corrected chi connectivity index (χ1v) is 6.49. The van der Waals surface area contributed by atoms with Crippen LogP contribution in [0.4, 0.5) is 19.1 Å². The Labute approximate surface area is 122 Å². The molecule has 9 heteroatoms. The molecule has 21 heavy (non-hydrogen) atoms. The lowest BCUT2D eigenvalue weighted by molar-refractivity contribution is -0.141. The van der Waals surface area contributed by atoms with Crippen molar-refractivity contribution in [2.45, 2.75) is 16.1 Å². The normalized spacial score (nSPS) is 11.3. The number of hydrazine groups is 1. The number of ether oxygens (including phenoxy) is 1. The van der Waals surface area contributed by atoms with Gasteiger partial charge in [0.25, 0.3) is 0 Å². The van der Waals surface area contributed by atoms with Crippen LogP contribution < -0.4 is 16.0 Å². The average molecular weight is 316 g/mol. The van der Waals surface area contributed by atoms with Crippen LogP contribution in [0.25, 0.3) is 0 Å². The van der Waals surface area contributed by atoms with Gasteiger partial charge < -0.3 is 4.74 Å². The third-order valence-electron chi connectivity index (χ3n) is 2.40. The van der Waals surface area contributed by atoms with Crippen molar-refractivity contribution < 1.29 is 17.9 Å². The first-order chi connectivity index (χ1) is 9.92. The Bertz CT molecular complexity index is 619. The molecule has 0 fully saturated rings. The van der Waals surface area contributed by atoms with Crippen LogP contribution in [0, 0.1) is 0 Å². The van der Waals surface area contributed by atoms with Gasteiger partial charge >= 0.3 is 6.18 Å². The minimum absolute atomic E-state index is 0.135. The number of benzene rings is 1. The Kier molecular flexibility index (Phi) is 4.53. The molecular formula is C12H11F3N4OS. The second kappa shape index (κ2) is 6.19. The first kappa shape index (κ1) is 15.4. The molecule has 0 aliphatic heterocycles. The van der Waals surface area contributed by atoms with Crippen LogP contribution in [0.1, 0.15) is 5.69 Å². The molecule has 112 valence electrons. The standard InChI is InChI=1S/C12H11F3N4OS/c1-20-7-2-4-8(5-3-7)21-10-6-9(12(13,14)15)17-11(18-10)19-16/h2-6H,16H2,1H3,(H,17,18,19). The molecule has 0 unspecified atom stereocenters. The van der Waals surface area contributed by atoms with Crippen molar-refractivity contribution >= 4 is 17.7 Å². The Hall–Kier alpha value is -2.00. The van der Waals surface area contributed by atoms with E-state index in [0.29, 0.717) is 10.6 Å². The minimum Gasteiger partial charge on any atom is -0.497 e. The van der Waals surface area contributed by atoms with Crippen LogP contribution >= 0.6 is 11.8 Å². The predicted molar refractivity (Wildman–Crippen MR) is 72.0 cm³/mol. The lowest BCUT2D eigenvalue weighted by Crippen LogP contribution is -2.15. The summed E-state index contributed by atoms with van der Waals surface area (Å²) in [6.07, 6.45) is -4.57. The van der Waals surface area contributed by atoms with Crippen molar-refractivity contribution in [2.24, 2.45) is 5.84 Å². The molecule has 3 N–H and O–H groups in total. The molecule has 0 bridgehead atoms. The van der Waals surface area contributed by atoms with Gasteiger partial charge in [-0.15, -0.1) is 0 Å². The first-order valence-electron chi connectivity index (χ1n) is 5.67. The molecular weight excluding hydrogens is 305 g/mol. The van der Waals surface area contributed by atoms with Crippen LogP contribution in [0.3, 0.4) is 0 Å². The smallest absolute Gasteiger partial charge is 0.433 e. The molecule has 1 aromatic carbocycles. The van der Waals surface area contributed by atoms with E-state index >= 15 is 0 Å². The van der Waals surface area contributed by atoms with Crippen molar-refractivity contribution in [3.63, 3.8) is 0 Å². The second-order valence-electron chi connectivity index (χ2n) is 3.83. The molecule has 0 amide bonds. The maximum absolute atomic E-state index is 12.7. The largest absolute Gasteiger partial charge is 0.497 e. The van der Waals surface area contributed by atoms with E-state index < -0.39 is 11.9 Å². The molecule has 0 aliphatic carbocycles. The predicted octanol–water partition coefficient (Wildman–Crippen LogP) is 2.94. The van der Waals surface area contributed by atoms with Gasteiger partial charge in [-0.05, 0) is 24.3 Å². The Morgan fingerprint density at radius 2 is 1.86 bits per heavy atom. The number of anilines is 1. The number of halogens is 3. The molecule has 0 spiro atoms. The van der Waals surface area contributed by atoms with Gasteiger partial charge in [0.15, 0.2) is 5.69 Å². The van der Waals surface area contributed by atoms with Gasteiger partial charge in [-0.25, -0.2) is 15.8 Å². The highest BCUT2D eigenvalue weighted by atomic mass is 32.2. The van der Waals surface area contributed by atoms with E-state index in [1.54, 1.807) is 24.3 Å². The minimum atomic E-state index is -4.57. The fourth-order valence-corrected chi connectivity index (χ4v) is 2.27. The van der Waals surface area contributed by atoms with Gasteiger partial charge in [-0.2, -0.15) is 13.2 Å². The Morgan fingerprint density at radius 3 is 2.38 bits per heavy atom. The van der Waals surface area contributed by atoms with Crippen LogP contribution in [-0.4, -0.2) is 17.1 Å². The number of methoxy groups -OCH3 is 1. The van der Waals surface area contributed by atoms with Crippen LogP contribution in [-0.2, 0) is 6.18 Å². The molecule has 1 heterocycles. The van der Waals surface area contributed by atoms with E-state index in [4.69, 9.17) is 10.6 Å². The lowest BCUT2D eigenvalue weighted by atomic mass is 10.3. The number of aromatic nitrogens is 2. The third kappa shape index (κ3) is 3.99. The molecule has 2 rings (SSSR count). The highest BCUT2D eigenvalue weighted by molar-refractivity contribution is 7.99. The van der Waals surface area contributed by atoms with Crippen molar-refractivity contribution in [3.8, 4) is 5.75 Å². The number of nitrogens with zero attached hydrogens (tertiary/aromatic N) is 2. The molecule has 1 aromatic heterocycles. The lowest BCUT2D eigenvalue weighted by Gasteiger charge is -2.10. The highest BCUT2D eigenvalue weighted by Gasteiger charge is 2.33. The van der Waals surface area contributed by atoms with Crippen LogP contribution in [0.5, 0.6) is 5.75 Å². The van der Waals surface area contributed by atoms with Gasteiger partial charge in [-0.3, -0.25) is 5.43 Å². The number of nitrogens with one attached hydrogen (secondary N) is 1. The molecule has 0 aliphatic rings. The van der Waals surface area contributed by atoms with Gasteiger partial charge in [-0.1, -0.05) is 11.8 Å². The number of alkyl halides is 3. The van der Waals surface area contributed by atoms with Crippen molar-refractivity contribution in [2.75, 3.05) is 12.5 Å². The summed E-state index contributed by atoms with van der Waals surface area (Å²) in [6.45, 7) is 0. The highest BCUT2D eigenvalue weighted by Crippen LogP contribution is 2.33. The maximum Gasteiger partial charge on any atom is 0.433 e. The average Bonchev–Trinajstić information content (AvgIpc) is 2.46. The number of rotatable bonds is 4. The summed E-state index contributed by atoms with van der Waals surface area (Å²) < 4.78 is 43.2. The summed E-state index contributed by atoms with van der Waals surface area (Å²) in [5.41, 5.74) is 0.974. The van der Waals surface area contributed by atoms with E-state index in [-0.39, 0.29) is 11.0 Å². The summed E-state index contributed by atoms with van der Waals surface area (Å²) in [5, 5.41) is 0.135. The Morgan fingerprint density at radius 1 is 1.19 bits per heavy atom. The van der Waals surface area contributed by atoms with Gasteiger partial charge in [0, 0.05) is 11.0 Å². The summed E-state index contributed by atoms with van der Waals surface area (Å²) in [7, 11) is 1.53. The zero-order chi connectivity index (χ0) is 15.5. The van der Waals surface area contributed by atoms with E-state index in [0.717, 1.165) is 17.8 Å². The Balaban J connectivity index is 2.29. The van der Waals surface area contributed by atoms with E-state index in [9.17, 15) is 13.2 Å². The molecule has 0 saturated carbocycles. The maximum atomic E-state index is 12.7. The zero-order valence-corrected chi connectivity index (χ0v) is 11.6. The fraction of sp³-hybridized carbons (Fsp3) is 0.167. The number of nitrogen functional groups attached to an aromatic ring is 1. The topological polar surface area (TPSA) is 73.1 Å². The molecule has 0 radical (unpaired) electrons. The fourth-order valence-electron chi connectivity index (χ4n) is 1.45. The van der Waals surface area contributed by atoms with Crippen molar-refractivity contribution in [3.05, 3.63) is 36.0 Å². The molecule has 5 nitrogen and oxygen atoms in total. The van der Waals surface area contributed by atoms with Crippen molar-refractivity contribution in [1.82, 2.24) is 9.97 Å². The third-order valence-corrected chi connectivity index (χ3v) is 3.33. The SMILES string of the molecule is COc1ccc(Sc2cc(C(F)(F)F)nc(NN)n2)cc1. The molecule has 2 aromatic rings.